The number of halogens is 1. The SMILES string of the molecule is O=C(O)CC1CCc2sccc2/C1=N/Nc1ccc(Cl)cc1. The number of anilines is 1. The summed E-state index contributed by atoms with van der Waals surface area (Å²) in [6.07, 6.45) is 1.85. The molecule has 1 aromatic carbocycles. The number of aliphatic carboxylic acids is 1. The maximum atomic E-state index is 11.1. The highest BCUT2D eigenvalue weighted by Crippen LogP contribution is 2.32. The molecule has 0 aliphatic heterocycles. The highest BCUT2D eigenvalue weighted by Gasteiger charge is 2.28. The van der Waals surface area contributed by atoms with Crippen molar-refractivity contribution in [3.63, 3.8) is 0 Å². The first-order valence-corrected chi connectivity index (χ1v) is 8.27. The average Bonchev–Trinajstić information content (AvgIpc) is 2.96. The van der Waals surface area contributed by atoms with Gasteiger partial charge in [0.05, 0.1) is 17.8 Å². The zero-order valence-electron chi connectivity index (χ0n) is 11.8. The van der Waals surface area contributed by atoms with E-state index in [0.717, 1.165) is 29.8 Å². The van der Waals surface area contributed by atoms with Crippen LogP contribution in [0.3, 0.4) is 0 Å². The number of thiophene rings is 1. The molecule has 4 nitrogen and oxygen atoms in total. The maximum absolute atomic E-state index is 11.1. The first kappa shape index (κ1) is 15.1. The molecule has 1 heterocycles. The van der Waals surface area contributed by atoms with Gasteiger partial charge in [-0.3, -0.25) is 10.2 Å². The van der Waals surface area contributed by atoms with E-state index in [1.165, 1.54) is 4.88 Å². The molecule has 0 saturated carbocycles. The van der Waals surface area contributed by atoms with Crippen molar-refractivity contribution in [2.75, 3.05) is 5.43 Å². The fourth-order valence-corrected chi connectivity index (χ4v) is 3.66. The van der Waals surface area contributed by atoms with Crippen LogP contribution in [-0.2, 0) is 11.2 Å². The number of rotatable bonds is 4. The molecule has 0 bridgehead atoms. The topological polar surface area (TPSA) is 61.7 Å². The minimum atomic E-state index is -0.789. The average molecular weight is 335 g/mol. The molecule has 114 valence electrons. The van der Waals surface area contributed by atoms with Crippen molar-refractivity contribution in [2.45, 2.75) is 19.3 Å². The number of nitrogens with zero attached hydrogens (tertiary/aromatic N) is 1. The van der Waals surface area contributed by atoms with Crippen molar-refractivity contribution in [3.8, 4) is 0 Å². The lowest BCUT2D eigenvalue weighted by molar-refractivity contribution is -0.137. The zero-order chi connectivity index (χ0) is 15.5. The van der Waals surface area contributed by atoms with E-state index in [9.17, 15) is 4.79 Å². The van der Waals surface area contributed by atoms with Gasteiger partial charge in [0.1, 0.15) is 0 Å². The maximum Gasteiger partial charge on any atom is 0.304 e. The molecule has 1 aromatic heterocycles. The van der Waals surface area contributed by atoms with Crippen molar-refractivity contribution in [1.29, 1.82) is 0 Å². The van der Waals surface area contributed by atoms with E-state index in [-0.39, 0.29) is 12.3 Å². The van der Waals surface area contributed by atoms with E-state index < -0.39 is 5.97 Å². The number of nitrogens with one attached hydrogen (secondary N) is 1. The van der Waals surface area contributed by atoms with Crippen molar-refractivity contribution in [1.82, 2.24) is 0 Å². The summed E-state index contributed by atoms with van der Waals surface area (Å²) in [5.74, 6) is -0.845. The molecule has 0 amide bonds. The normalized spacial score (nSPS) is 19.0. The van der Waals surface area contributed by atoms with Gasteiger partial charge in [-0.25, -0.2) is 0 Å². The molecule has 2 N–H and O–H groups in total. The van der Waals surface area contributed by atoms with Gasteiger partial charge in [0.25, 0.3) is 0 Å². The third-order valence-corrected chi connectivity index (χ3v) is 4.93. The van der Waals surface area contributed by atoms with E-state index in [0.29, 0.717) is 5.02 Å². The van der Waals surface area contributed by atoms with Crippen LogP contribution < -0.4 is 5.43 Å². The number of aryl methyl sites for hydroxylation is 1. The highest BCUT2D eigenvalue weighted by molar-refractivity contribution is 7.10. The van der Waals surface area contributed by atoms with Gasteiger partial charge >= 0.3 is 5.97 Å². The number of benzene rings is 1. The van der Waals surface area contributed by atoms with Crippen LogP contribution >= 0.6 is 22.9 Å². The van der Waals surface area contributed by atoms with Crippen LogP contribution in [0.4, 0.5) is 5.69 Å². The molecule has 1 aliphatic carbocycles. The smallest absolute Gasteiger partial charge is 0.304 e. The van der Waals surface area contributed by atoms with E-state index in [4.69, 9.17) is 16.7 Å². The van der Waals surface area contributed by atoms with Crippen molar-refractivity contribution in [2.24, 2.45) is 11.0 Å². The van der Waals surface area contributed by atoms with Gasteiger partial charge in [-0.05, 0) is 48.6 Å². The lowest BCUT2D eigenvalue weighted by atomic mass is 9.84. The lowest BCUT2D eigenvalue weighted by Gasteiger charge is -2.23. The van der Waals surface area contributed by atoms with Crippen molar-refractivity contribution in [3.05, 3.63) is 51.2 Å². The van der Waals surface area contributed by atoms with Crippen molar-refractivity contribution >= 4 is 40.3 Å². The number of fused-ring (bicyclic) bond motifs is 1. The number of hydrogen-bond donors (Lipinski definition) is 2. The van der Waals surface area contributed by atoms with E-state index in [1.54, 1.807) is 23.5 Å². The van der Waals surface area contributed by atoms with E-state index in [1.807, 2.05) is 23.6 Å². The van der Waals surface area contributed by atoms with Crippen molar-refractivity contribution < 1.29 is 9.90 Å². The number of carbonyl (C=O) groups is 1. The standard InChI is InChI=1S/C16H15ClN2O2S/c17-11-2-4-12(5-3-11)18-19-16-10(9-15(20)21)1-6-14-13(16)7-8-22-14/h2-5,7-8,10,18H,1,6,9H2,(H,20,21)/b19-16+. The largest absolute Gasteiger partial charge is 0.481 e. The highest BCUT2D eigenvalue weighted by atomic mass is 35.5. The lowest BCUT2D eigenvalue weighted by Crippen LogP contribution is -2.25. The van der Waals surface area contributed by atoms with Crippen LogP contribution in [0.25, 0.3) is 0 Å². The first-order chi connectivity index (χ1) is 10.6. The van der Waals surface area contributed by atoms with Gasteiger partial charge in [-0.1, -0.05) is 11.6 Å². The van der Waals surface area contributed by atoms with Gasteiger partial charge in [0.15, 0.2) is 0 Å². The third-order valence-electron chi connectivity index (χ3n) is 3.70. The Bertz CT molecular complexity index is 709. The summed E-state index contributed by atoms with van der Waals surface area (Å²) in [6, 6.07) is 9.29. The minimum Gasteiger partial charge on any atom is -0.481 e. The summed E-state index contributed by atoms with van der Waals surface area (Å²) >= 11 is 7.57. The molecule has 1 aliphatic rings. The number of carboxylic acid groups (broad SMARTS) is 1. The molecule has 0 radical (unpaired) electrons. The number of hydrazone groups is 1. The van der Waals surface area contributed by atoms with Gasteiger partial charge in [-0.2, -0.15) is 5.10 Å². The van der Waals surface area contributed by atoms with Crippen LogP contribution in [-0.4, -0.2) is 16.8 Å². The van der Waals surface area contributed by atoms with Crippen LogP contribution in [0.2, 0.25) is 5.02 Å². The molecule has 1 unspecified atom stereocenters. The monoisotopic (exact) mass is 334 g/mol. The Kier molecular flexibility index (Phi) is 4.45. The Morgan fingerprint density at radius 1 is 1.36 bits per heavy atom. The molecule has 22 heavy (non-hydrogen) atoms. The predicted molar refractivity (Wildman–Crippen MR) is 90.0 cm³/mol. The Morgan fingerprint density at radius 2 is 2.14 bits per heavy atom. The van der Waals surface area contributed by atoms with Gasteiger partial charge < -0.3 is 5.11 Å². The summed E-state index contributed by atoms with van der Waals surface area (Å²) in [7, 11) is 0. The van der Waals surface area contributed by atoms with Crippen LogP contribution in [0, 0.1) is 5.92 Å². The molecule has 3 rings (SSSR count). The summed E-state index contributed by atoms with van der Waals surface area (Å²) in [5.41, 5.74) is 5.75. The summed E-state index contributed by atoms with van der Waals surface area (Å²) in [4.78, 5) is 12.4. The molecule has 0 fully saturated rings. The minimum absolute atomic E-state index is 0.0561. The van der Waals surface area contributed by atoms with Gasteiger partial charge in [0.2, 0.25) is 0 Å². The third kappa shape index (κ3) is 3.31. The Labute approximate surface area is 137 Å². The van der Waals surface area contributed by atoms with Gasteiger partial charge in [-0.15, -0.1) is 11.3 Å². The molecule has 0 saturated heterocycles. The first-order valence-electron chi connectivity index (χ1n) is 7.01. The predicted octanol–water partition coefficient (Wildman–Crippen LogP) is 4.25. The van der Waals surface area contributed by atoms with Crippen LogP contribution in [0.15, 0.2) is 40.8 Å². The van der Waals surface area contributed by atoms with Crippen LogP contribution in [0.5, 0.6) is 0 Å². The number of hydrogen-bond acceptors (Lipinski definition) is 4. The zero-order valence-corrected chi connectivity index (χ0v) is 13.3. The fraction of sp³-hybridized carbons (Fsp3) is 0.250. The molecule has 1 atom stereocenters. The molecule has 2 aromatic rings. The molecule has 6 heteroatoms. The Balaban J connectivity index is 1.87. The second kappa shape index (κ2) is 6.50. The quantitative estimate of drug-likeness (QED) is 0.821. The van der Waals surface area contributed by atoms with E-state index >= 15 is 0 Å². The summed E-state index contributed by atoms with van der Waals surface area (Å²) < 4.78 is 0. The second-order valence-corrected chi connectivity index (χ2v) is 6.64. The summed E-state index contributed by atoms with van der Waals surface area (Å²) in [6.45, 7) is 0. The number of carboxylic acids is 1. The van der Waals surface area contributed by atoms with Crippen LogP contribution in [0.1, 0.15) is 23.3 Å². The Hall–Kier alpha value is -1.85. The molecular weight excluding hydrogens is 320 g/mol. The second-order valence-electron chi connectivity index (χ2n) is 5.21. The molecule has 0 spiro atoms. The fourth-order valence-electron chi connectivity index (χ4n) is 2.63. The van der Waals surface area contributed by atoms with E-state index in [2.05, 4.69) is 10.5 Å². The Morgan fingerprint density at radius 3 is 2.86 bits per heavy atom. The molecular formula is C16H15ClN2O2S. The summed E-state index contributed by atoms with van der Waals surface area (Å²) in [5, 5.41) is 16.3. The van der Waals surface area contributed by atoms with Gasteiger partial charge in [0, 0.05) is 21.4 Å².